The SMILES string of the molecule is C=CC(=O)NCc1ncc2[nH]c(-c3c(Cl)c(OC)cc(OC/C=C/C(=O)NCc4cc5c(cn4)cc(-c4c(Cl)c(OC)cc(OC)c4Cl)c(=O)n5C)c3Cl)cc(=O)c2n1. The number of fused-ring (bicyclic) bond motifs is 2. The first-order valence-electron chi connectivity index (χ1n) is 17.3. The number of hydrogen-bond acceptors (Lipinski definition) is 11. The molecule has 0 saturated carbocycles. The summed E-state index contributed by atoms with van der Waals surface area (Å²) in [5.74, 6) is 0.301. The molecule has 6 aromatic rings. The average molecular weight is 882 g/mol. The van der Waals surface area contributed by atoms with Crippen molar-refractivity contribution in [3.05, 3.63) is 120 Å². The summed E-state index contributed by atoms with van der Waals surface area (Å²) >= 11 is 26.6. The molecule has 0 bridgehead atoms. The Balaban J connectivity index is 1.15. The summed E-state index contributed by atoms with van der Waals surface area (Å²) in [5.41, 5.74) is 1.51. The molecule has 19 heteroatoms. The highest BCUT2D eigenvalue weighted by atomic mass is 35.5. The second-order valence-electron chi connectivity index (χ2n) is 12.5. The molecule has 0 radical (unpaired) electrons. The quantitative estimate of drug-likeness (QED) is 0.100. The lowest BCUT2D eigenvalue weighted by molar-refractivity contribution is -0.117. The Kier molecular flexibility index (Phi) is 13.1. The number of rotatable bonds is 14. The topological polar surface area (TPSA) is 189 Å². The minimum Gasteiger partial charge on any atom is -0.495 e. The largest absolute Gasteiger partial charge is 0.495 e. The monoisotopic (exact) mass is 879 g/mol. The second kappa shape index (κ2) is 18.2. The van der Waals surface area contributed by atoms with Crippen molar-refractivity contribution in [1.82, 2.24) is 35.1 Å². The molecule has 304 valence electrons. The standard InChI is InChI=1S/C40H33Cl4N7O8/c1-6-31(53)48-18-30-46-17-23-39(50-30)25(52)12-22(49-23)34-37(43)28(58-5)14-29(38(34)44)59-9-7-8-32(54)47-16-20-11-24-19(15-45-20)10-21(40(55)51(24)2)33-35(41)26(56-3)13-27(57-4)36(33)42/h6-8,10-15,17H,1,9,16,18H2,2-5H3,(H,47,54)(H,48,53)(H,49,52)/b8-7+. The van der Waals surface area contributed by atoms with Crippen molar-refractivity contribution < 1.29 is 28.5 Å². The fourth-order valence-electron chi connectivity index (χ4n) is 5.95. The third-order valence-electron chi connectivity index (χ3n) is 8.90. The Morgan fingerprint density at radius 2 is 1.44 bits per heavy atom. The van der Waals surface area contributed by atoms with Crippen molar-refractivity contribution in [2.75, 3.05) is 27.9 Å². The van der Waals surface area contributed by atoms with E-state index in [4.69, 9.17) is 65.4 Å². The summed E-state index contributed by atoms with van der Waals surface area (Å²) in [7, 11) is 5.90. The number of hydrogen-bond donors (Lipinski definition) is 3. The number of nitrogens with one attached hydrogen (secondary N) is 3. The molecule has 59 heavy (non-hydrogen) atoms. The predicted molar refractivity (Wildman–Crippen MR) is 226 cm³/mol. The zero-order valence-electron chi connectivity index (χ0n) is 31.7. The first kappa shape index (κ1) is 42.5. The van der Waals surface area contributed by atoms with Gasteiger partial charge in [0.15, 0.2) is 0 Å². The number of halogens is 4. The van der Waals surface area contributed by atoms with Crippen LogP contribution in [0.4, 0.5) is 0 Å². The van der Waals surface area contributed by atoms with Gasteiger partial charge in [-0.1, -0.05) is 53.0 Å². The maximum atomic E-state index is 13.6. The van der Waals surface area contributed by atoms with Crippen molar-refractivity contribution in [2.24, 2.45) is 7.05 Å². The molecule has 4 aromatic heterocycles. The Labute approximate surface area is 355 Å². The van der Waals surface area contributed by atoms with Crippen LogP contribution in [-0.4, -0.2) is 64.3 Å². The Morgan fingerprint density at radius 1 is 0.814 bits per heavy atom. The molecule has 0 fully saturated rings. The molecular formula is C40H33Cl4N7O8. The summed E-state index contributed by atoms with van der Waals surface area (Å²) in [5, 5.41) is 6.40. The summed E-state index contributed by atoms with van der Waals surface area (Å²) in [6.07, 6.45) is 6.84. The zero-order valence-corrected chi connectivity index (χ0v) is 34.7. The normalized spacial score (nSPS) is 11.2. The number of nitrogens with zero attached hydrogens (tertiary/aromatic N) is 4. The lowest BCUT2D eigenvalue weighted by Gasteiger charge is -2.16. The van der Waals surface area contributed by atoms with Crippen LogP contribution in [-0.2, 0) is 29.7 Å². The van der Waals surface area contributed by atoms with E-state index in [-0.39, 0.29) is 108 Å². The van der Waals surface area contributed by atoms with Crippen LogP contribution in [0, 0.1) is 0 Å². The van der Waals surface area contributed by atoms with Gasteiger partial charge < -0.3 is 39.1 Å². The first-order chi connectivity index (χ1) is 28.3. The van der Waals surface area contributed by atoms with E-state index >= 15 is 0 Å². The van der Waals surface area contributed by atoms with Crippen LogP contribution >= 0.6 is 46.4 Å². The Hall–Kier alpha value is -6.13. The van der Waals surface area contributed by atoms with E-state index < -0.39 is 17.2 Å². The van der Waals surface area contributed by atoms with Gasteiger partial charge in [-0.2, -0.15) is 0 Å². The molecular weight excluding hydrogens is 848 g/mol. The van der Waals surface area contributed by atoms with Gasteiger partial charge in [-0.25, -0.2) is 9.97 Å². The number of ether oxygens (including phenoxy) is 4. The highest BCUT2D eigenvalue weighted by molar-refractivity contribution is 6.41. The number of amides is 2. The van der Waals surface area contributed by atoms with Crippen LogP contribution in [0.1, 0.15) is 11.5 Å². The summed E-state index contributed by atoms with van der Waals surface area (Å²) in [6, 6.07) is 7.61. The molecule has 0 spiro atoms. The number of pyridine rings is 3. The maximum Gasteiger partial charge on any atom is 0.258 e. The minimum atomic E-state index is -0.461. The van der Waals surface area contributed by atoms with Gasteiger partial charge in [-0.15, -0.1) is 0 Å². The molecule has 0 unspecified atom stereocenters. The zero-order chi connectivity index (χ0) is 42.5. The number of H-pyrrole nitrogens is 1. The van der Waals surface area contributed by atoms with Crippen LogP contribution in [0.5, 0.6) is 23.0 Å². The molecule has 0 aliphatic rings. The number of aryl methyl sites for hydroxylation is 1. The van der Waals surface area contributed by atoms with Crippen molar-refractivity contribution in [3.8, 4) is 45.4 Å². The van der Waals surface area contributed by atoms with Gasteiger partial charge in [-0.05, 0) is 24.3 Å². The average Bonchev–Trinajstić information content (AvgIpc) is 3.23. The van der Waals surface area contributed by atoms with Crippen LogP contribution in [0.25, 0.3) is 44.3 Å². The molecule has 0 aliphatic heterocycles. The van der Waals surface area contributed by atoms with E-state index in [1.54, 1.807) is 25.4 Å². The van der Waals surface area contributed by atoms with Gasteiger partial charge >= 0.3 is 0 Å². The first-order valence-corrected chi connectivity index (χ1v) is 18.8. The van der Waals surface area contributed by atoms with E-state index in [0.717, 1.165) is 6.08 Å². The van der Waals surface area contributed by atoms with E-state index in [9.17, 15) is 19.2 Å². The molecule has 15 nitrogen and oxygen atoms in total. The maximum absolute atomic E-state index is 13.6. The van der Waals surface area contributed by atoms with E-state index in [0.29, 0.717) is 16.6 Å². The third-order valence-corrected chi connectivity index (χ3v) is 10.4. The molecule has 3 N–H and O–H groups in total. The molecule has 4 heterocycles. The van der Waals surface area contributed by atoms with Crippen molar-refractivity contribution in [3.63, 3.8) is 0 Å². The summed E-state index contributed by atoms with van der Waals surface area (Å²) < 4.78 is 23.5. The van der Waals surface area contributed by atoms with Gasteiger partial charge in [-0.3, -0.25) is 24.2 Å². The van der Waals surface area contributed by atoms with Crippen LogP contribution in [0.2, 0.25) is 20.1 Å². The molecule has 0 saturated heterocycles. The van der Waals surface area contributed by atoms with Crippen molar-refractivity contribution in [2.45, 2.75) is 13.1 Å². The Bertz CT molecular complexity index is 2800. The smallest absolute Gasteiger partial charge is 0.258 e. The fraction of sp³-hybridized carbons (Fsp3) is 0.175. The van der Waals surface area contributed by atoms with Crippen LogP contribution in [0.15, 0.2) is 77.1 Å². The third kappa shape index (κ3) is 8.83. The second-order valence-corrected chi connectivity index (χ2v) is 14.0. The molecule has 6 rings (SSSR count). The number of aromatic amines is 1. The minimum absolute atomic E-state index is 0.00479. The molecule has 0 atom stereocenters. The van der Waals surface area contributed by atoms with Gasteiger partial charge in [0, 0.05) is 54.0 Å². The Morgan fingerprint density at radius 3 is 2.10 bits per heavy atom. The summed E-state index contributed by atoms with van der Waals surface area (Å²) in [6.45, 7) is 3.35. The van der Waals surface area contributed by atoms with E-state index in [2.05, 4.69) is 37.1 Å². The highest BCUT2D eigenvalue weighted by Gasteiger charge is 2.23. The van der Waals surface area contributed by atoms with Crippen LogP contribution in [0.3, 0.4) is 0 Å². The molecule has 2 aromatic carbocycles. The summed E-state index contributed by atoms with van der Waals surface area (Å²) in [4.78, 5) is 67.1. The molecule has 2 amide bonds. The molecule has 0 aliphatic carbocycles. The van der Waals surface area contributed by atoms with Crippen LogP contribution < -0.4 is 40.6 Å². The highest BCUT2D eigenvalue weighted by Crippen LogP contribution is 2.46. The van der Waals surface area contributed by atoms with Gasteiger partial charge in [0.05, 0.1) is 88.7 Å². The lowest BCUT2D eigenvalue weighted by Crippen LogP contribution is -2.22. The van der Waals surface area contributed by atoms with Crippen molar-refractivity contribution >= 4 is 80.2 Å². The number of methoxy groups -OCH3 is 3. The number of carbonyl (C=O) groups excluding carboxylic acids is 2. The van der Waals surface area contributed by atoms with E-state index in [1.165, 1.54) is 62.4 Å². The number of aromatic nitrogens is 5. The van der Waals surface area contributed by atoms with Gasteiger partial charge in [0.1, 0.15) is 40.9 Å². The van der Waals surface area contributed by atoms with E-state index in [1.807, 2.05) is 0 Å². The van der Waals surface area contributed by atoms with Gasteiger partial charge in [0.2, 0.25) is 17.2 Å². The predicted octanol–water partition coefficient (Wildman–Crippen LogP) is 6.59. The number of benzene rings is 2. The van der Waals surface area contributed by atoms with Gasteiger partial charge in [0.25, 0.3) is 5.56 Å². The van der Waals surface area contributed by atoms with Crippen molar-refractivity contribution in [1.29, 1.82) is 0 Å². The lowest BCUT2D eigenvalue weighted by atomic mass is 10.0. The number of carbonyl (C=O) groups is 2. The fourth-order valence-corrected chi connectivity index (χ4v) is 7.33.